The van der Waals surface area contributed by atoms with Crippen LogP contribution in [0.25, 0.3) is 6.08 Å². The van der Waals surface area contributed by atoms with Crippen molar-refractivity contribution in [3.63, 3.8) is 0 Å². The van der Waals surface area contributed by atoms with Gasteiger partial charge in [-0.1, -0.05) is 18.2 Å². The van der Waals surface area contributed by atoms with E-state index >= 15 is 0 Å². The topological polar surface area (TPSA) is 85.9 Å². The van der Waals surface area contributed by atoms with E-state index in [0.29, 0.717) is 17.2 Å². The molecule has 0 saturated heterocycles. The third-order valence-electron chi connectivity index (χ3n) is 3.88. The monoisotopic (exact) mass is 384 g/mol. The Hall–Kier alpha value is -3.48. The first kappa shape index (κ1) is 20.8. The third kappa shape index (κ3) is 6.05. The van der Waals surface area contributed by atoms with E-state index in [1.54, 1.807) is 38.5 Å². The zero-order chi connectivity index (χ0) is 20.5. The molecule has 0 heterocycles. The van der Waals surface area contributed by atoms with Crippen LogP contribution in [0.3, 0.4) is 0 Å². The van der Waals surface area contributed by atoms with E-state index in [1.807, 2.05) is 32.0 Å². The summed E-state index contributed by atoms with van der Waals surface area (Å²) in [6.07, 6.45) is 2.88. The molecule has 0 atom stereocenters. The summed E-state index contributed by atoms with van der Waals surface area (Å²) < 4.78 is 15.9. The Kier molecular flexibility index (Phi) is 7.45. The molecule has 148 valence electrons. The van der Waals surface area contributed by atoms with E-state index in [2.05, 4.69) is 10.9 Å². The maximum Gasteiger partial charge on any atom is 0.276 e. The van der Waals surface area contributed by atoms with Crippen LogP contribution in [0, 0.1) is 13.8 Å². The van der Waals surface area contributed by atoms with Gasteiger partial charge in [0.15, 0.2) is 6.61 Å². The van der Waals surface area contributed by atoms with Gasteiger partial charge >= 0.3 is 0 Å². The first-order valence-corrected chi connectivity index (χ1v) is 8.62. The minimum atomic E-state index is -0.484. The summed E-state index contributed by atoms with van der Waals surface area (Å²) in [5.74, 6) is 0.929. The Morgan fingerprint density at radius 2 is 1.57 bits per heavy atom. The number of aryl methyl sites for hydroxylation is 2. The Bertz CT molecular complexity index is 835. The van der Waals surface area contributed by atoms with E-state index < -0.39 is 11.8 Å². The maximum atomic E-state index is 11.9. The molecule has 0 unspecified atom stereocenters. The lowest BCUT2D eigenvalue weighted by molar-refractivity contribution is -0.128. The molecule has 2 amide bonds. The van der Waals surface area contributed by atoms with E-state index in [0.717, 1.165) is 16.7 Å². The molecule has 0 bridgehead atoms. The lowest BCUT2D eigenvalue weighted by Crippen LogP contribution is -2.43. The van der Waals surface area contributed by atoms with Crippen LogP contribution < -0.4 is 25.1 Å². The van der Waals surface area contributed by atoms with Gasteiger partial charge in [-0.2, -0.15) is 0 Å². The number of amides is 2. The van der Waals surface area contributed by atoms with Gasteiger partial charge in [-0.25, -0.2) is 0 Å². The van der Waals surface area contributed by atoms with E-state index in [4.69, 9.17) is 14.2 Å². The van der Waals surface area contributed by atoms with Crippen LogP contribution in [-0.4, -0.2) is 32.6 Å². The van der Waals surface area contributed by atoms with Gasteiger partial charge in [0.1, 0.15) is 17.2 Å². The summed E-state index contributed by atoms with van der Waals surface area (Å²) in [7, 11) is 3.09. The molecule has 2 aromatic rings. The number of hydrogen-bond donors (Lipinski definition) is 2. The number of rotatable bonds is 7. The van der Waals surface area contributed by atoms with Crippen LogP contribution in [0.2, 0.25) is 0 Å². The third-order valence-corrected chi connectivity index (χ3v) is 3.88. The molecule has 0 aliphatic rings. The quantitative estimate of drug-likeness (QED) is 0.566. The lowest BCUT2D eigenvalue weighted by Gasteiger charge is -2.12. The highest BCUT2D eigenvalue weighted by Gasteiger charge is 2.08. The number of hydrazine groups is 1. The highest BCUT2D eigenvalue weighted by Crippen LogP contribution is 2.23. The summed E-state index contributed by atoms with van der Waals surface area (Å²) in [4.78, 5) is 23.8. The minimum Gasteiger partial charge on any atom is -0.497 e. The zero-order valence-electron chi connectivity index (χ0n) is 16.4. The summed E-state index contributed by atoms with van der Waals surface area (Å²) >= 11 is 0. The molecule has 0 aromatic heterocycles. The highest BCUT2D eigenvalue weighted by molar-refractivity contribution is 5.93. The van der Waals surface area contributed by atoms with Crippen molar-refractivity contribution in [1.82, 2.24) is 10.9 Å². The summed E-state index contributed by atoms with van der Waals surface area (Å²) in [5, 5.41) is 0. The van der Waals surface area contributed by atoms with Gasteiger partial charge in [0.25, 0.3) is 11.8 Å². The summed E-state index contributed by atoms with van der Waals surface area (Å²) in [5.41, 5.74) is 7.21. The molecule has 0 saturated carbocycles. The predicted octanol–water partition coefficient (Wildman–Crippen LogP) is 2.56. The smallest absolute Gasteiger partial charge is 0.276 e. The van der Waals surface area contributed by atoms with Gasteiger partial charge in [-0.15, -0.1) is 0 Å². The number of carbonyl (C=O) groups excluding carboxylic acids is 2. The lowest BCUT2D eigenvalue weighted by atomic mass is 10.1. The molecular formula is C21H24N2O5. The molecular weight excluding hydrogens is 360 g/mol. The van der Waals surface area contributed by atoms with Crippen LogP contribution in [0.15, 0.2) is 42.5 Å². The van der Waals surface area contributed by atoms with Crippen LogP contribution in [-0.2, 0) is 9.59 Å². The molecule has 2 N–H and O–H groups in total. The predicted molar refractivity (Wildman–Crippen MR) is 106 cm³/mol. The van der Waals surface area contributed by atoms with Crippen molar-refractivity contribution in [2.45, 2.75) is 13.8 Å². The van der Waals surface area contributed by atoms with Crippen LogP contribution in [0.4, 0.5) is 0 Å². The normalized spacial score (nSPS) is 10.4. The van der Waals surface area contributed by atoms with E-state index in [1.165, 1.54) is 6.08 Å². The average Bonchev–Trinajstić information content (AvgIpc) is 2.69. The Morgan fingerprint density at radius 3 is 2.14 bits per heavy atom. The fraction of sp³-hybridized carbons (Fsp3) is 0.238. The van der Waals surface area contributed by atoms with Crippen LogP contribution in [0.5, 0.6) is 17.2 Å². The van der Waals surface area contributed by atoms with Gasteiger partial charge in [0, 0.05) is 12.1 Å². The summed E-state index contributed by atoms with van der Waals surface area (Å²) in [6.45, 7) is 3.60. The maximum absolute atomic E-state index is 11.9. The molecule has 7 nitrogen and oxygen atoms in total. The van der Waals surface area contributed by atoms with Gasteiger partial charge in [-0.3, -0.25) is 20.4 Å². The van der Waals surface area contributed by atoms with Gasteiger partial charge in [-0.05, 0) is 48.7 Å². The SMILES string of the molecule is COc1cc(/C=C/C(=O)NNC(=O)COc2c(C)cccc2C)cc(OC)c1. The molecule has 28 heavy (non-hydrogen) atoms. The standard InChI is InChI=1S/C21H24N2O5/c1-14-6-5-7-15(2)21(14)28-13-20(25)23-22-19(24)9-8-16-10-17(26-3)12-18(11-16)27-4/h5-12H,13H2,1-4H3,(H,22,24)(H,23,25)/b9-8+. The van der Waals surface area contributed by atoms with Crippen molar-refractivity contribution in [3.8, 4) is 17.2 Å². The molecule has 2 aromatic carbocycles. The number of nitrogens with one attached hydrogen (secondary N) is 2. The second kappa shape index (κ2) is 10.0. The minimum absolute atomic E-state index is 0.206. The zero-order valence-corrected chi connectivity index (χ0v) is 16.4. The molecule has 0 radical (unpaired) electrons. The molecule has 2 rings (SSSR count). The number of para-hydroxylation sites is 1. The molecule has 0 aliphatic carbocycles. The number of methoxy groups -OCH3 is 2. The fourth-order valence-corrected chi connectivity index (χ4v) is 2.47. The Labute approximate surface area is 164 Å². The molecule has 0 spiro atoms. The van der Waals surface area contributed by atoms with Crippen molar-refractivity contribution in [3.05, 3.63) is 59.2 Å². The van der Waals surface area contributed by atoms with Crippen molar-refractivity contribution in [1.29, 1.82) is 0 Å². The molecule has 0 aliphatic heterocycles. The Balaban J connectivity index is 1.85. The summed E-state index contributed by atoms with van der Waals surface area (Å²) in [6, 6.07) is 11.0. The fourth-order valence-electron chi connectivity index (χ4n) is 2.47. The van der Waals surface area contributed by atoms with Crippen molar-refractivity contribution in [2.24, 2.45) is 0 Å². The number of benzene rings is 2. The first-order valence-electron chi connectivity index (χ1n) is 8.62. The second-order valence-corrected chi connectivity index (χ2v) is 6.03. The molecule has 7 heteroatoms. The Morgan fingerprint density at radius 1 is 0.964 bits per heavy atom. The second-order valence-electron chi connectivity index (χ2n) is 6.03. The first-order chi connectivity index (χ1) is 13.4. The molecule has 0 fully saturated rings. The average molecular weight is 384 g/mol. The van der Waals surface area contributed by atoms with Crippen molar-refractivity contribution >= 4 is 17.9 Å². The largest absolute Gasteiger partial charge is 0.497 e. The van der Waals surface area contributed by atoms with Crippen molar-refractivity contribution in [2.75, 3.05) is 20.8 Å². The van der Waals surface area contributed by atoms with Gasteiger partial charge in [0.2, 0.25) is 0 Å². The van der Waals surface area contributed by atoms with Gasteiger partial charge in [0.05, 0.1) is 14.2 Å². The van der Waals surface area contributed by atoms with Gasteiger partial charge < -0.3 is 14.2 Å². The highest BCUT2D eigenvalue weighted by atomic mass is 16.5. The van der Waals surface area contributed by atoms with Crippen molar-refractivity contribution < 1.29 is 23.8 Å². The number of hydrogen-bond acceptors (Lipinski definition) is 5. The number of ether oxygens (including phenoxy) is 3. The number of carbonyl (C=O) groups is 2. The van der Waals surface area contributed by atoms with Crippen LogP contribution >= 0.6 is 0 Å². The van der Waals surface area contributed by atoms with E-state index in [-0.39, 0.29) is 6.61 Å². The van der Waals surface area contributed by atoms with E-state index in [9.17, 15) is 9.59 Å². The van der Waals surface area contributed by atoms with Crippen LogP contribution in [0.1, 0.15) is 16.7 Å².